The highest BCUT2D eigenvalue weighted by atomic mass is 32.2. The topological polar surface area (TPSA) is 134 Å². The van der Waals surface area contributed by atoms with Gasteiger partial charge in [0.25, 0.3) is 11.2 Å². The fourth-order valence-corrected chi connectivity index (χ4v) is 3.98. The SMILES string of the molecule is Cn1c(C(F)(F)F)cc(=O)n(-c2cc(Sc3ccccc3OCC(=O)O)c([N+](=O)[O-])cc2F)c1=O. The first-order valence-corrected chi connectivity index (χ1v) is 10.1. The number of benzene rings is 2. The lowest BCUT2D eigenvalue weighted by atomic mass is 10.2. The molecule has 184 valence electrons. The Bertz CT molecular complexity index is 1450. The van der Waals surface area contributed by atoms with Crippen LogP contribution in [0.15, 0.2) is 61.8 Å². The number of halogens is 4. The van der Waals surface area contributed by atoms with Crippen LogP contribution in [0.25, 0.3) is 5.69 Å². The molecule has 1 heterocycles. The highest BCUT2D eigenvalue weighted by Crippen LogP contribution is 2.41. The van der Waals surface area contributed by atoms with Crippen molar-refractivity contribution in [3.63, 3.8) is 0 Å². The number of ether oxygens (including phenoxy) is 1. The van der Waals surface area contributed by atoms with E-state index in [2.05, 4.69) is 0 Å². The first-order valence-electron chi connectivity index (χ1n) is 9.31. The monoisotopic (exact) mass is 515 g/mol. The van der Waals surface area contributed by atoms with Gasteiger partial charge in [0, 0.05) is 13.1 Å². The van der Waals surface area contributed by atoms with E-state index >= 15 is 0 Å². The molecule has 35 heavy (non-hydrogen) atoms. The van der Waals surface area contributed by atoms with Gasteiger partial charge >= 0.3 is 17.8 Å². The molecule has 3 aromatic rings. The predicted molar refractivity (Wildman–Crippen MR) is 113 cm³/mol. The van der Waals surface area contributed by atoms with E-state index in [0.717, 1.165) is 13.1 Å². The Morgan fingerprint density at radius 2 is 1.83 bits per heavy atom. The fourth-order valence-electron chi connectivity index (χ4n) is 2.96. The average Bonchev–Trinajstić information content (AvgIpc) is 2.76. The van der Waals surface area contributed by atoms with Gasteiger partial charge < -0.3 is 9.84 Å². The molecule has 0 aliphatic carbocycles. The molecule has 0 spiro atoms. The van der Waals surface area contributed by atoms with Crippen molar-refractivity contribution in [2.24, 2.45) is 7.05 Å². The molecule has 0 saturated carbocycles. The van der Waals surface area contributed by atoms with E-state index < -0.39 is 57.8 Å². The van der Waals surface area contributed by atoms with Crippen molar-refractivity contribution >= 4 is 23.4 Å². The van der Waals surface area contributed by atoms with Crippen molar-refractivity contribution in [3.05, 3.63) is 84.9 Å². The van der Waals surface area contributed by atoms with Crippen LogP contribution in [0.2, 0.25) is 0 Å². The maximum absolute atomic E-state index is 14.8. The van der Waals surface area contributed by atoms with E-state index in [1.54, 1.807) is 0 Å². The smallest absolute Gasteiger partial charge is 0.431 e. The minimum Gasteiger partial charge on any atom is -0.481 e. The number of alkyl halides is 3. The van der Waals surface area contributed by atoms with E-state index in [4.69, 9.17) is 9.84 Å². The summed E-state index contributed by atoms with van der Waals surface area (Å²) in [6.07, 6.45) is -5.04. The van der Waals surface area contributed by atoms with Crippen LogP contribution in [0.3, 0.4) is 0 Å². The lowest BCUT2D eigenvalue weighted by Gasteiger charge is -2.15. The molecule has 0 radical (unpaired) electrons. The second kappa shape index (κ2) is 9.61. The highest BCUT2D eigenvalue weighted by Gasteiger charge is 2.35. The molecule has 3 rings (SSSR count). The van der Waals surface area contributed by atoms with Crippen LogP contribution in [0.1, 0.15) is 5.69 Å². The van der Waals surface area contributed by atoms with Gasteiger partial charge in [-0.3, -0.25) is 19.5 Å². The number of para-hydroxylation sites is 1. The van der Waals surface area contributed by atoms with E-state index in [1.165, 1.54) is 24.3 Å². The fraction of sp³-hybridized carbons (Fsp3) is 0.150. The number of nitro benzene ring substituents is 1. The Kier molecular flexibility index (Phi) is 7.00. The van der Waals surface area contributed by atoms with Crippen molar-refractivity contribution in [1.82, 2.24) is 9.13 Å². The minimum atomic E-state index is -5.04. The lowest BCUT2D eigenvalue weighted by Crippen LogP contribution is -2.41. The number of aromatic nitrogens is 2. The van der Waals surface area contributed by atoms with Gasteiger partial charge in [-0.05, 0) is 18.2 Å². The number of hydrogen-bond donors (Lipinski definition) is 1. The largest absolute Gasteiger partial charge is 0.481 e. The summed E-state index contributed by atoms with van der Waals surface area (Å²) in [6, 6.07) is 7.07. The Hall–Kier alpha value is -4.14. The quantitative estimate of drug-likeness (QED) is 0.288. The standard InChI is InChI=1S/C20H13F4N3O7S/c1-25-16(20(22,23)24)8-17(28)26(19(25)31)11-7-15(12(27(32)33)6-10(11)21)35-14-5-3-2-4-13(14)34-9-18(29)30/h2-8H,9H2,1H3,(H,29,30). The van der Waals surface area contributed by atoms with Crippen molar-refractivity contribution in [3.8, 4) is 11.4 Å². The van der Waals surface area contributed by atoms with Gasteiger partial charge in [0.1, 0.15) is 11.4 Å². The maximum Gasteiger partial charge on any atom is 0.431 e. The molecule has 0 aliphatic rings. The molecule has 1 N–H and O–H groups in total. The second-order valence-electron chi connectivity index (χ2n) is 6.80. The van der Waals surface area contributed by atoms with Crippen LogP contribution in [0.4, 0.5) is 23.2 Å². The predicted octanol–water partition coefficient (Wildman–Crippen LogP) is 3.22. The molecular weight excluding hydrogens is 502 g/mol. The summed E-state index contributed by atoms with van der Waals surface area (Å²) in [6.45, 7) is -0.731. The number of nitro groups is 1. The van der Waals surface area contributed by atoms with Crippen molar-refractivity contribution in [2.75, 3.05) is 6.61 Å². The van der Waals surface area contributed by atoms with Crippen LogP contribution >= 0.6 is 11.8 Å². The lowest BCUT2D eigenvalue weighted by molar-refractivity contribution is -0.387. The van der Waals surface area contributed by atoms with Gasteiger partial charge in [-0.2, -0.15) is 13.2 Å². The molecule has 0 atom stereocenters. The zero-order valence-corrected chi connectivity index (χ0v) is 18.2. The molecule has 10 nitrogen and oxygen atoms in total. The third kappa shape index (κ3) is 5.34. The summed E-state index contributed by atoms with van der Waals surface area (Å²) in [4.78, 5) is 46.2. The first kappa shape index (κ1) is 25.5. The summed E-state index contributed by atoms with van der Waals surface area (Å²) in [7, 11) is 0.732. The van der Waals surface area contributed by atoms with Gasteiger partial charge in [-0.15, -0.1) is 0 Å². The zero-order valence-electron chi connectivity index (χ0n) is 17.4. The van der Waals surface area contributed by atoms with Gasteiger partial charge in [0.05, 0.1) is 26.5 Å². The third-order valence-corrected chi connectivity index (χ3v) is 5.60. The maximum atomic E-state index is 14.8. The highest BCUT2D eigenvalue weighted by molar-refractivity contribution is 7.99. The number of hydrogen-bond acceptors (Lipinski definition) is 7. The average molecular weight is 515 g/mol. The molecule has 0 fully saturated rings. The number of carbonyl (C=O) groups is 1. The summed E-state index contributed by atoms with van der Waals surface area (Å²) in [5.41, 5.74) is -6.19. The number of rotatable bonds is 7. The van der Waals surface area contributed by atoms with Gasteiger partial charge in [0.15, 0.2) is 12.4 Å². The molecule has 15 heteroatoms. The zero-order chi connectivity index (χ0) is 26.1. The van der Waals surface area contributed by atoms with Crippen LogP contribution in [0, 0.1) is 15.9 Å². The third-order valence-electron chi connectivity index (χ3n) is 4.50. The number of carboxylic acid groups (broad SMARTS) is 1. The Balaban J connectivity index is 2.20. The Labute approximate surface area is 196 Å². The molecule has 0 saturated heterocycles. The summed E-state index contributed by atoms with van der Waals surface area (Å²) in [5, 5.41) is 20.3. The Morgan fingerprint density at radius 3 is 2.43 bits per heavy atom. The summed E-state index contributed by atoms with van der Waals surface area (Å²) >= 11 is 0.631. The van der Waals surface area contributed by atoms with Crippen LogP contribution in [0.5, 0.6) is 5.75 Å². The van der Waals surface area contributed by atoms with Crippen molar-refractivity contribution in [2.45, 2.75) is 16.0 Å². The van der Waals surface area contributed by atoms with Crippen molar-refractivity contribution in [1.29, 1.82) is 0 Å². The minimum absolute atomic E-state index is 0.0164. The molecule has 0 unspecified atom stereocenters. The van der Waals surface area contributed by atoms with E-state index in [0.29, 0.717) is 17.8 Å². The number of aliphatic carboxylic acids is 1. The van der Waals surface area contributed by atoms with Crippen LogP contribution in [-0.4, -0.2) is 31.7 Å². The molecule has 0 aliphatic heterocycles. The second-order valence-corrected chi connectivity index (χ2v) is 7.89. The van der Waals surface area contributed by atoms with E-state index in [-0.39, 0.29) is 30.7 Å². The van der Waals surface area contributed by atoms with Crippen molar-refractivity contribution < 1.29 is 37.1 Å². The Morgan fingerprint density at radius 1 is 1.17 bits per heavy atom. The summed E-state index contributed by atoms with van der Waals surface area (Å²) in [5.74, 6) is -2.68. The van der Waals surface area contributed by atoms with Crippen LogP contribution in [-0.2, 0) is 18.0 Å². The van der Waals surface area contributed by atoms with Gasteiger partial charge in [-0.25, -0.2) is 18.5 Å². The molecule has 2 aromatic carbocycles. The number of nitrogens with zero attached hydrogens (tertiary/aromatic N) is 3. The normalized spacial score (nSPS) is 11.3. The van der Waals surface area contributed by atoms with E-state index in [9.17, 15) is 42.1 Å². The van der Waals surface area contributed by atoms with Gasteiger partial charge in [0.2, 0.25) is 0 Å². The first-order chi connectivity index (χ1) is 16.3. The summed E-state index contributed by atoms with van der Waals surface area (Å²) < 4.78 is 59.5. The van der Waals surface area contributed by atoms with Gasteiger partial charge in [-0.1, -0.05) is 23.9 Å². The molecule has 0 bridgehead atoms. The molecule has 1 aromatic heterocycles. The molecular formula is C20H13F4N3O7S. The molecule has 0 amide bonds. The van der Waals surface area contributed by atoms with Crippen LogP contribution < -0.4 is 16.0 Å². The number of carboxylic acids is 1. The van der Waals surface area contributed by atoms with E-state index in [1.807, 2.05) is 0 Å².